The number of aromatic nitrogens is 2. The lowest BCUT2D eigenvalue weighted by molar-refractivity contribution is 0.416. The molecule has 18 heavy (non-hydrogen) atoms. The predicted octanol–water partition coefficient (Wildman–Crippen LogP) is 2.59. The van der Waals surface area contributed by atoms with Gasteiger partial charge in [-0.05, 0) is 24.3 Å². The van der Waals surface area contributed by atoms with E-state index in [1.807, 2.05) is 47.0 Å². The molecule has 2 aromatic heterocycles. The van der Waals surface area contributed by atoms with Crippen LogP contribution in [0.3, 0.4) is 0 Å². The van der Waals surface area contributed by atoms with Gasteiger partial charge in [-0.1, -0.05) is 12.1 Å². The number of methoxy groups -OCH3 is 1. The van der Waals surface area contributed by atoms with Crippen molar-refractivity contribution in [1.82, 2.24) is 9.38 Å². The van der Waals surface area contributed by atoms with E-state index in [2.05, 4.69) is 4.98 Å². The van der Waals surface area contributed by atoms with Gasteiger partial charge in [0.15, 0.2) is 0 Å². The summed E-state index contributed by atoms with van der Waals surface area (Å²) >= 11 is 0. The molecule has 2 heterocycles. The van der Waals surface area contributed by atoms with Crippen molar-refractivity contribution in [3.8, 4) is 17.1 Å². The lowest BCUT2D eigenvalue weighted by atomic mass is 10.2. The summed E-state index contributed by atoms with van der Waals surface area (Å²) in [6.07, 6.45) is 3.72. The maximum Gasteiger partial charge on any atom is 0.148 e. The quantitative estimate of drug-likeness (QED) is 0.747. The summed E-state index contributed by atoms with van der Waals surface area (Å²) in [5.41, 5.74) is 8.49. The first-order chi connectivity index (χ1) is 8.81. The van der Waals surface area contributed by atoms with Crippen molar-refractivity contribution < 1.29 is 4.74 Å². The monoisotopic (exact) mass is 239 g/mol. The zero-order valence-electron chi connectivity index (χ0n) is 10.00. The molecule has 0 radical (unpaired) electrons. The van der Waals surface area contributed by atoms with Gasteiger partial charge in [0.2, 0.25) is 0 Å². The van der Waals surface area contributed by atoms with Crippen molar-refractivity contribution in [2.24, 2.45) is 0 Å². The molecule has 0 bridgehead atoms. The lowest BCUT2D eigenvalue weighted by Crippen LogP contribution is -1.94. The third kappa shape index (κ3) is 1.50. The largest absolute Gasteiger partial charge is 0.496 e. The topological polar surface area (TPSA) is 52.5 Å². The molecule has 3 aromatic rings. The summed E-state index contributed by atoms with van der Waals surface area (Å²) in [4.78, 5) is 4.44. The van der Waals surface area contributed by atoms with Crippen LogP contribution in [0.4, 0.5) is 5.69 Å². The van der Waals surface area contributed by atoms with Gasteiger partial charge in [-0.2, -0.15) is 0 Å². The number of fused-ring (bicyclic) bond motifs is 1. The molecule has 0 saturated carbocycles. The second-order valence-corrected chi connectivity index (χ2v) is 4.00. The summed E-state index contributed by atoms with van der Waals surface area (Å²) in [6.45, 7) is 0. The van der Waals surface area contributed by atoms with Crippen LogP contribution < -0.4 is 10.5 Å². The van der Waals surface area contributed by atoms with E-state index in [0.29, 0.717) is 5.69 Å². The second-order valence-electron chi connectivity index (χ2n) is 4.00. The van der Waals surface area contributed by atoms with Crippen molar-refractivity contribution in [3.05, 3.63) is 48.8 Å². The minimum atomic E-state index is 0.714. The molecule has 0 atom stereocenters. The third-order valence-corrected chi connectivity index (χ3v) is 2.95. The molecule has 0 amide bonds. The van der Waals surface area contributed by atoms with Crippen molar-refractivity contribution >= 4 is 11.2 Å². The predicted molar refractivity (Wildman–Crippen MR) is 71.6 cm³/mol. The minimum Gasteiger partial charge on any atom is -0.496 e. The zero-order chi connectivity index (χ0) is 12.5. The molecule has 0 aliphatic heterocycles. The molecule has 0 fully saturated rings. The van der Waals surface area contributed by atoms with Crippen molar-refractivity contribution in [1.29, 1.82) is 0 Å². The van der Waals surface area contributed by atoms with Crippen LogP contribution in [0.25, 0.3) is 16.9 Å². The molecule has 0 aliphatic carbocycles. The molecular formula is C14H13N3O. The number of pyridine rings is 1. The summed E-state index contributed by atoms with van der Waals surface area (Å²) < 4.78 is 7.33. The summed E-state index contributed by atoms with van der Waals surface area (Å²) in [5.74, 6) is 1.63. The van der Waals surface area contributed by atoms with Crippen LogP contribution in [0.2, 0.25) is 0 Å². The van der Waals surface area contributed by atoms with Crippen LogP contribution in [-0.2, 0) is 0 Å². The van der Waals surface area contributed by atoms with Crippen LogP contribution in [-0.4, -0.2) is 16.5 Å². The Labute approximate surface area is 105 Å². The van der Waals surface area contributed by atoms with E-state index in [1.54, 1.807) is 13.3 Å². The third-order valence-electron chi connectivity index (χ3n) is 2.95. The highest BCUT2D eigenvalue weighted by Gasteiger charge is 2.11. The highest BCUT2D eigenvalue weighted by Crippen LogP contribution is 2.30. The first kappa shape index (κ1) is 10.7. The minimum absolute atomic E-state index is 0.714. The maximum absolute atomic E-state index is 5.93. The van der Waals surface area contributed by atoms with Gasteiger partial charge in [-0.15, -0.1) is 0 Å². The van der Waals surface area contributed by atoms with Gasteiger partial charge in [-0.3, -0.25) is 4.40 Å². The maximum atomic E-state index is 5.93. The number of hydrogen-bond acceptors (Lipinski definition) is 3. The van der Waals surface area contributed by atoms with E-state index in [0.717, 1.165) is 22.7 Å². The average molecular weight is 239 g/mol. The number of anilines is 1. The summed E-state index contributed by atoms with van der Waals surface area (Å²) in [6, 6.07) is 11.6. The Balaban J connectivity index is 2.29. The Morgan fingerprint density at radius 3 is 2.83 bits per heavy atom. The number of rotatable bonds is 2. The van der Waals surface area contributed by atoms with Crippen molar-refractivity contribution in [2.75, 3.05) is 12.8 Å². The van der Waals surface area contributed by atoms with E-state index < -0.39 is 0 Å². The Morgan fingerprint density at radius 1 is 1.17 bits per heavy atom. The number of para-hydroxylation sites is 1. The number of benzene rings is 1. The normalized spacial score (nSPS) is 10.7. The van der Waals surface area contributed by atoms with E-state index >= 15 is 0 Å². The van der Waals surface area contributed by atoms with E-state index in [4.69, 9.17) is 10.5 Å². The van der Waals surface area contributed by atoms with Crippen molar-refractivity contribution in [2.45, 2.75) is 0 Å². The van der Waals surface area contributed by atoms with Crippen LogP contribution >= 0.6 is 0 Å². The Morgan fingerprint density at radius 2 is 2.00 bits per heavy atom. The van der Waals surface area contributed by atoms with Crippen LogP contribution in [0, 0.1) is 0 Å². The highest BCUT2D eigenvalue weighted by molar-refractivity contribution is 5.75. The van der Waals surface area contributed by atoms with Gasteiger partial charge in [0.25, 0.3) is 0 Å². The van der Waals surface area contributed by atoms with Crippen LogP contribution in [0.1, 0.15) is 0 Å². The molecule has 0 saturated heterocycles. The molecule has 0 aliphatic rings. The Hall–Kier alpha value is -2.49. The van der Waals surface area contributed by atoms with Crippen LogP contribution in [0.5, 0.6) is 5.75 Å². The first-order valence-electron chi connectivity index (χ1n) is 5.66. The highest BCUT2D eigenvalue weighted by atomic mass is 16.5. The van der Waals surface area contributed by atoms with Gasteiger partial charge in [0.1, 0.15) is 11.6 Å². The number of ether oxygens (including phenoxy) is 1. The van der Waals surface area contributed by atoms with E-state index in [1.165, 1.54) is 0 Å². The molecule has 1 aromatic carbocycles. The smallest absolute Gasteiger partial charge is 0.148 e. The SMILES string of the molecule is COc1ccccc1-c1ncc2c(N)cccn12. The molecule has 0 spiro atoms. The second kappa shape index (κ2) is 4.07. The number of nitrogen functional groups attached to an aromatic ring is 1. The van der Waals surface area contributed by atoms with Gasteiger partial charge in [0.05, 0.1) is 30.1 Å². The summed E-state index contributed by atoms with van der Waals surface area (Å²) in [5, 5.41) is 0. The summed E-state index contributed by atoms with van der Waals surface area (Å²) in [7, 11) is 1.66. The molecule has 2 N–H and O–H groups in total. The number of nitrogens with zero attached hydrogens (tertiary/aromatic N) is 2. The Kier molecular flexibility index (Phi) is 2.41. The molecule has 4 heteroatoms. The number of hydrogen-bond donors (Lipinski definition) is 1. The van der Waals surface area contributed by atoms with Crippen molar-refractivity contribution in [3.63, 3.8) is 0 Å². The first-order valence-corrected chi connectivity index (χ1v) is 5.66. The van der Waals surface area contributed by atoms with E-state index in [9.17, 15) is 0 Å². The standard InChI is InChI=1S/C14H13N3O/c1-18-13-7-3-2-5-10(13)14-16-9-12-11(15)6-4-8-17(12)14/h2-9H,15H2,1H3. The van der Waals surface area contributed by atoms with Gasteiger partial charge >= 0.3 is 0 Å². The molecule has 0 unspecified atom stereocenters. The van der Waals surface area contributed by atoms with Crippen LogP contribution in [0.15, 0.2) is 48.8 Å². The van der Waals surface area contributed by atoms with Gasteiger partial charge in [0, 0.05) is 6.20 Å². The molecule has 3 rings (SSSR count). The number of nitrogens with two attached hydrogens (primary N) is 1. The molecule has 4 nitrogen and oxygen atoms in total. The average Bonchev–Trinajstić information content (AvgIpc) is 2.84. The van der Waals surface area contributed by atoms with Gasteiger partial charge in [-0.25, -0.2) is 4.98 Å². The zero-order valence-corrected chi connectivity index (χ0v) is 10.00. The molecular weight excluding hydrogens is 226 g/mol. The Bertz CT molecular complexity index is 703. The van der Waals surface area contributed by atoms with Gasteiger partial charge < -0.3 is 10.5 Å². The number of imidazole rings is 1. The lowest BCUT2D eigenvalue weighted by Gasteiger charge is -2.07. The fraction of sp³-hybridized carbons (Fsp3) is 0.0714. The molecule has 90 valence electrons. The van der Waals surface area contributed by atoms with E-state index in [-0.39, 0.29) is 0 Å². The fourth-order valence-electron chi connectivity index (χ4n) is 2.07. The fourth-order valence-corrected chi connectivity index (χ4v) is 2.07.